The zero-order chi connectivity index (χ0) is 19.8. The third kappa shape index (κ3) is 2.23. The molecular weight excluding hydrogens is 363 g/mol. The predicted octanol–water partition coefficient (Wildman–Crippen LogP) is 1.97. The molecule has 28 heavy (non-hydrogen) atoms. The summed E-state index contributed by atoms with van der Waals surface area (Å²) in [5.74, 6) is -1.77. The third-order valence-electron chi connectivity index (χ3n) is 6.54. The van der Waals surface area contributed by atoms with E-state index in [-0.39, 0.29) is 34.1 Å². The lowest BCUT2D eigenvalue weighted by molar-refractivity contribution is 0.0695. The van der Waals surface area contributed by atoms with Gasteiger partial charge in [0.15, 0.2) is 0 Å². The molecule has 0 spiro atoms. The highest BCUT2D eigenvalue weighted by Gasteiger charge is 2.51. The number of hydrogen-bond acceptors (Lipinski definition) is 5. The largest absolute Gasteiger partial charge is 0.477 e. The van der Waals surface area contributed by atoms with Gasteiger partial charge in [-0.05, 0) is 37.7 Å². The minimum absolute atomic E-state index is 0.0159. The highest BCUT2D eigenvalue weighted by Crippen LogP contribution is 2.46. The molecule has 0 amide bonds. The molecular formula is C20H19FN4O3. The number of aromatic nitrogens is 1. The molecule has 5 rings (SSSR count). The second kappa shape index (κ2) is 5.55. The van der Waals surface area contributed by atoms with Gasteiger partial charge in [-0.3, -0.25) is 4.79 Å². The maximum absolute atomic E-state index is 15.2. The van der Waals surface area contributed by atoms with E-state index >= 15 is 4.39 Å². The van der Waals surface area contributed by atoms with Crippen molar-refractivity contribution in [2.24, 2.45) is 11.7 Å². The van der Waals surface area contributed by atoms with Crippen LogP contribution in [0, 0.1) is 23.1 Å². The van der Waals surface area contributed by atoms with Gasteiger partial charge in [0, 0.05) is 30.9 Å². The number of halogens is 1. The average Bonchev–Trinajstić information content (AvgIpc) is 3.45. The predicted molar refractivity (Wildman–Crippen MR) is 100.0 cm³/mol. The number of carbonyl (C=O) groups is 1. The Morgan fingerprint density at radius 1 is 1.39 bits per heavy atom. The zero-order valence-electron chi connectivity index (χ0n) is 15.1. The Bertz CT molecular complexity index is 1150. The fourth-order valence-corrected chi connectivity index (χ4v) is 4.74. The van der Waals surface area contributed by atoms with Crippen LogP contribution in [-0.4, -0.2) is 34.3 Å². The lowest BCUT2D eigenvalue weighted by Gasteiger charge is -2.40. The number of fused-ring (bicyclic) bond motifs is 2. The Morgan fingerprint density at radius 3 is 2.64 bits per heavy atom. The van der Waals surface area contributed by atoms with E-state index in [1.165, 1.54) is 6.20 Å². The van der Waals surface area contributed by atoms with E-state index in [9.17, 15) is 20.0 Å². The Hall–Kier alpha value is -2.92. The molecule has 8 heteroatoms. The van der Waals surface area contributed by atoms with E-state index < -0.39 is 22.8 Å². The Balaban J connectivity index is 1.80. The highest BCUT2D eigenvalue weighted by atomic mass is 19.1. The first kappa shape index (κ1) is 17.2. The van der Waals surface area contributed by atoms with Crippen molar-refractivity contribution in [2.45, 2.75) is 37.3 Å². The van der Waals surface area contributed by atoms with Crippen LogP contribution in [0.1, 0.15) is 47.6 Å². The van der Waals surface area contributed by atoms with E-state index in [0.29, 0.717) is 18.6 Å². The fraction of sp³-hybridized carbons (Fsp3) is 0.450. The van der Waals surface area contributed by atoms with Crippen molar-refractivity contribution in [3.8, 4) is 6.07 Å². The second-order valence-corrected chi connectivity index (χ2v) is 8.25. The van der Waals surface area contributed by atoms with Gasteiger partial charge in [0.05, 0.1) is 16.6 Å². The van der Waals surface area contributed by atoms with Gasteiger partial charge < -0.3 is 20.3 Å². The summed E-state index contributed by atoms with van der Waals surface area (Å²) in [6.07, 6.45) is 4.81. The summed E-state index contributed by atoms with van der Waals surface area (Å²) in [6, 6.07) is 3.19. The fourth-order valence-electron chi connectivity index (χ4n) is 4.74. The number of hydrogen-bond donors (Lipinski definition) is 2. The zero-order valence-corrected chi connectivity index (χ0v) is 15.1. The number of nitrogens with two attached hydrogens (primary N) is 1. The van der Waals surface area contributed by atoms with E-state index in [1.54, 1.807) is 4.57 Å². The van der Waals surface area contributed by atoms with Crippen LogP contribution in [0.4, 0.5) is 10.1 Å². The van der Waals surface area contributed by atoms with Crippen molar-refractivity contribution >= 4 is 22.6 Å². The van der Waals surface area contributed by atoms with Crippen LogP contribution in [0.5, 0.6) is 0 Å². The SMILES string of the molecule is N#Cc1c(N2CC3CCC3(N)C2)c(F)cc2c(=O)c(C(=O)O)cn(C3CC3)c12. The van der Waals surface area contributed by atoms with Crippen LogP contribution in [0.25, 0.3) is 10.9 Å². The number of anilines is 1. The summed E-state index contributed by atoms with van der Waals surface area (Å²) in [6.45, 7) is 1.05. The summed E-state index contributed by atoms with van der Waals surface area (Å²) >= 11 is 0. The molecule has 1 aliphatic heterocycles. The molecule has 2 unspecified atom stereocenters. The van der Waals surface area contributed by atoms with Crippen LogP contribution in [0.2, 0.25) is 0 Å². The van der Waals surface area contributed by atoms with Gasteiger partial charge in [-0.2, -0.15) is 5.26 Å². The lowest BCUT2D eigenvalue weighted by atomic mass is 9.70. The molecule has 1 aromatic carbocycles. The van der Waals surface area contributed by atoms with Gasteiger partial charge >= 0.3 is 5.97 Å². The normalized spacial score (nSPS) is 26.0. The molecule has 0 bridgehead atoms. The van der Waals surface area contributed by atoms with E-state index in [4.69, 9.17) is 5.73 Å². The van der Waals surface area contributed by atoms with Crippen molar-refractivity contribution in [3.05, 3.63) is 39.4 Å². The summed E-state index contributed by atoms with van der Waals surface area (Å²) in [4.78, 5) is 26.0. The number of aromatic carboxylic acids is 1. The van der Waals surface area contributed by atoms with Crippen molar-refractivity contribution < 1.29 is 14.3 Å². The van der Waals surface area contributed by atoms with Gasteiger partial charge in [-0.1, -0.05) is 0 Å². The summed E-state index contributed by atoms with van der Waals surface area (Å²) < 4.78 is 16.8. The molecule has 2 heterocycles. The minimum atomic E-state index is -1.36. The Morgan fingerprint density at radius 2 is 2.14 bits per heavy atom. The molecule has 7 nitrogen and oxygen atoms in total. The minimum Gasteiger partial charge on any atom is -0.477 e. The topological polar surface area (TPSA) is 112 Å². The van der Waals surface area contributed by atoms with Crippen LogP contribution in [-0.2, 0) is 0 Å². The van der Waals surface area contributed by atoms with Crippen molar-refractivity contribution in [3.63, 3.8) is 0 Å². The smallest absolute Gasteiger partial charge is 0.341 e. The monoisotopic (exact) mass is 382 g/mol. The quantitative estimate of drug-likeness (QED) is 0.839. The van der Waals surface area contributed by atoms with Gasteiger partial charge in [-0.25, -0.2) is 9.18 Å². The number of nitriles is 1. The molecule has 0 radical (unpaired) electrons. The number of benzene rings is 1. The molecule has 1 aromatic heterocycles. The third-order valence-corrected chi connectivity index (χ3v) is 6.54. The van der Waals surface area contributed by atoms with E-state index in [1.807, 2.05) is 4.90 Å². The van der Waals surface area contributed by atoms with Gasteiger partial charge in [0.25, 0.3) is 0 Å². The van der Waals surface area contributed by atoms with Crippen LogP contribution in [0.15, 0.2) is 17.1 Å². The molecule has 2 atom stereocenters. The molecule has 2 aromatic rings. The van der Waals surface area contributed by atoms with Crippen molar-refractivity contribution in [1.82, 2.24) is 4.57 Å². The number of rotatable bonds is 3. The Labute approximate surface area is 159 Å². The standard InChI is InChI=1S/C20H19FN4O3/c21-15-5-12-16(25(11-1-2-11)8-14(18(12)26)19(27)28)13(6-22)17(15)24-7-10-3-4-20(10,23)9-24/h5,8,10-11H,1-4,7,9,23H2,(H,27,28). The first-order valence-corrected chi connectivity index (χ1v) is 9.42. The van der Waals surface area contributed by atoms with Crippen LogP contribution >= 0.6 is 0 Å². The highest BCUT2D eigenvalue weighted by molar-refractivity contribution is 5.96. The van der Waals surface area contributed by atoms with E-state index in [2.05, 4.69) is 6.07 Å². The van der Waals surface area contributed by atoms with E-state index in [0.717, 1.165) is 31.7 Å². The first-order chi connectivity index (χ1) is 13.3. The Kier molecular flexibility index (Phi) is 3.41. The lowest BCUT2D eigenvalue weighted by Crippen LogP contribution is -2.54. The average molecular weight is 382 g/mol. The molecule has 144 valence electrons. The molecule has 3 aliphatic rings. The van der Waals surface area contributed by atoms with Crippen LogP contribution in [0.3, 0.4) is 0 Å². The molecule has 3 N–H and O–H groups in total. The maximum Gasteiger partial charge on any atom is 0.341 e. The summed E-state index contributed by atoms with van der Waals surface area (Å²) in [7, 11) is 0. The number of carboxylic acid groups (broad SMARTS) is 1. The molecule has 2 aliphatic carbocycles. The van der Waals surface area contributed by atoms with Gasteiger partial charge in [-0.15, -0.1) is 0 Å². The van der Waals surface area contributed by atoms with Crippen LogP contribution < -0.4 is 16.1 Å². The molecule has 3 fully saturated rings. The van der Waals surface area contributed by atoms with Gasteiger partial charge in [0.1, 0.15) is 23.0 Å². The van der Waals surface area contributed by atoms with Crippen molar-refractivity contribution in [2.75, 3.05) is 18.0 Å². The molecule has 2 saturated carbocycles. The number of pyridine rings is 1. The maximum atomic E-state index is 15.2. The number of nitrogens with zero attached hydrogens (tertiary/aromatic N) is 3. The number of carboxylic acids is 1. The molecule has 1 saturated heterocycles. The summed E-state index contributed by atoms with van der Waals surface area (Å²) in [5.41, 5.74) is 5.44. The van der Waals surface area contributed by atoms with Crippen molar-refractivity contribution in [1.29, 1.82) is 5.26 Å². The first-order valence-electron chi connectivity index (χ1n) is 9.42. The second-order valence-electron chi connectivity index (χ2n) is 8.25. The summed E-state index contributed by atoms with van der Waals surface area (Å²) in [5, 5.41) is 19.2. The van der Waals surface area contributed by atoms with Gasteiger partial charge in [0.2, 0.25) is 5.43 Å².